The van der Waals surface area contributed by atoms with Gasteiger partial charge in [0.2, 0.25) is 5.91 Å². The molecule has 1 unspecified atom stereocenters. The third-order valence-corrected chi connectivity index (χ3v) is 3.12. The summed E-state index contributed by atoms with van der Waals surface area (Å²) in [6.07, 6.45) is 1.36. The van der Waals surface area contributed by atoms with Crippen LogP contribution < -0.4 is 15.8 Å². The highest BCUT2D eigenvalue weighted by Crippen LogP contribution is 2.24. The molecule has 0 bridgehead atoms. The summed E-state index contributed by atoms with van der Waals surface area (Å²) in [6.45, 7) is 7.40. The van der Waals surface area contributed by atoms with Crippen molar-refractivity contribution in [1.29, 1.82) is 0 Å². The number of benzene rings is 1. The first kappa shape index (κ1) is 16.5. The molecule has 1 amide bonds. The predicted molar refractivity (Wildman–Crippen MR) is 82.9 cm³/mol. The highest BCUT2D eigenvalue weighted by Gasteiger charge is 2.12. The molecular formula is C16H26N2O2. The van der Waals surface area contributed by atoms with Crippen LogP contribution in [0.1, 0.15) is 33.6 Å². The maximum absolute atomic E-state index is 12.0. The van der Waals surface area contributed by atoms with E-state index in [9.17, 15) is 4.79 Å². The molecule has 0 spiro atoms. The maximum atomic E-state index is 12.0. The van der Waals surface area contributed by atoms with E-state index in [2.05, 4.69) is 19.2 Å². The van der Waals surface area contributed by atoms with Crippen molar-refractivity contribution >= 4 is 11.6 Å². The fraction of sp³-hybridized carbons (Fsp3) is 0.562. The van der Waals surface area contributed by atoms with Gasteiger partial charge in [-0.3, -0.25) is 4.79 Å². The van der Waals surface area contributed by atoms with Crippen molar-refractivity contribution in [2.45, 2.75) is 33.6 Å². The van der Waals surface area contributed by atoms with Gasteiger partial charge in [-0.05, 0) is 30.5 Å². The van der Waals surface area contributed by atoms with Gasteiger partial charge in [0.1, 0.15) is 5.75 Å². The second kappa shape index (κ2) is 8.59. The van der Waals surface area contributed by atoms with E-state index in [1.807, 2.05) is 31.2 Å². The molecule has 3 N–H and O–H groups in total. The van der Waals surface area contributed by atoms with E-state index < -0.39 is 0 Å². The summed E-state index contributed by atoms with van der Waals surface area (Å²) in [5.74, 6) is 1.39. The summed E-state index contributed by atoms with van der Waals surface area (Å²) in [4.78, 5) is 12.0. The third kappa shape index (κ3) is 5.61. The van der Waals surface area contributed by atoms with Crippen molar-refractivity contribution in [3.8, 4) is 5.75 Å². The van der Waals surface area contributed by atoms with Crippen molar-refractivity contribution in [3.63, 3.8) is 0 Å². The molecule has 0 fully saturated rings. The smallest absolute Gasteiger partial charge is 0.224 e. The molecule has 1 rings (SSSR count). The largest absolute Gasteiger partial charge is 0.491 e. The Bertz CT molecular complexity index is 415. The molecule has 1 aromatic rings. The number of nitrogens with one attached hydrogen (secondary N) is 1. The molecule has 0 saturated carbocycles. The molecule has 1 aromatic carbocycles. The maximum Gasteiger partial charge on any atom is 0.224 e. The Hall–Kier alpha value is -1.55. The molecule has 112 valence electrons. The van der Waals surface area contributed by atoms with Gasteiger partial charge in [-0.1, -0.05) is 39.3 Å². The fourth-order valence-electron chi connectivity index (χ4n) is 1.81. The Kier molecular flexibility index (Phi) is 7.09. The molecule has 0 aliphatic heterocycles. The first-order valence-corrected chi connectivity index (χ1v) is 7.28. The second-order valence-electron chi connectivity index (χ2n) is 5.46. The molecule has 4 nitrogen and oxygen atoms in total. The molecule has 0 radical (unpaired) electrons. The monoisotopic (exact) mass is 278 g/mol. The SMILES string of the molecule is CCC(CN)CC(=O)Nc1ccccc1OCC(C)C. The normalized spacial score (nSPS) is 12.2. The number of carbonyl (C=O) groups is 1. The number of ether oxygens (including phenoxy) is 1. The lowest BCUT2D eigenvalue weighted by Crippen LogP contribution is -2.22. The average Bonchev–Trinajstić information content (AvgIpc) is 2.43. The van der Waals surface area contributed by atoms with Gasteiger partial charge in [0, 0.05) is 6.42 Å². The summed E-state index contributed by atoms with van der Waals surface area (Å²) < 4.78 is 5.72. The second-order valence-corrected chi connectivity index (χ2v) is 5.46. The van der Waals surface area contributed by atoms with E-state index in [4.69, 9.17) is 10.5 Å². The minimum Gasteiger partial charge on any atom is -0.491 e. The number of anilines is 1. The standard InChI is InChI=1S/C16H26N2O2/c1-4-13(10-17)9-16(19)18-14-7-5-6-8-15(14)20-11-12(2)3/h5-8,12-13H,4,9-11,17H2,1-3H3,(H,18,19). The molecule has 0 aliphatic carbocycles. The summed E-state index contributed by atoms with van der Waals surface area (Å²) in [5.41, 5.74) is 6.36. The van der Waals surface area contributed by atoms with Crippen LogP contribution in [0.5, 0.6) is 5.75 Å². The van der Waals surface area contributed by atoms with Gasteiger partial charge in [-0.15, -0.1) is 0 Å². The molecule has 1 atom stereocenters. The molecule has 20 heavy (non-hydrogen) atoms. The van der Waals surface area contributed by atoms with Crippen LogP contribution in [0.3, 0.4) is 0 Å². The van der Waals surface area contributed by atoms with Crippen LogP contribution >= 0.6 is 0 Å². The van der Waals surface area contributed by atoms with Gasteiger partial charge in [0.05, 0.1) is 12.3 Å². The van der Waals surface area contributed by atoms with Gasteiger partial charge in [0.25, 0.3) is 0 Å². The summed E-state index contributed by atoms with van der Waals surface area (Å²) in [5, 5.41) is 2.91. The molecule has 0 heterocycles. The lowest BCUT2D eigenvalue weighted by Gasteiger charge is -2.15. The lowest BCUT2D eigenvalue weighted by atomic mass is 10.0. The Balaban J connectivity index is 2.64. The number of carbonyl (C=O) groups excluding carboxylic acids is 1. The van der Waals surface area contributed by atoms with Crippen LogP contribution in [0.15, 0.2) is 24.3 Å². The number of hydrogen-bond donors (Lipinski definition) is 2. The van der Waals surface area contributed by atoms with E-state index >= 15 is 0 Å². The highest BCUT2D eigenvalue weighted by molar-refractivity contribution is 5.92. The molecule has 4 heteroatoms. The summed E-state index contributed by atoms with van der Waals surface area (Å²) in [6, 6.07) is 7.52. The van der Waals surface area contributed by atoms with Gasteiger partial charge >= 0.3 is 0 Å². The lowest BCUT2D eigenvalue weighted by molar-refractivity contribution is -0.117. The Morgan fingerprint density at radius 2 is 2.05 bits per heavy atom. The summed E-state index contributed by atoms with van der Waals surface area (Å²) in [7, 11) is 0. The first-order valence-electron chi connectivity index (χ1n) is 7.28. The highest BCUT2D eigenvalue weighted by atomic mass is 16.5. The van der Waals surface area contributed by atoms with E-state index in [1.165, 1.54) is 0 Å². The zero-order valence-corrected chi connectivity index (χ0v) is 12.7. The minimum atomic E-state index is -0.0112. The molecule has 0 saturated heterocycles. The van der Waals surface area contributed by atoms with Crippen LogP contribution in [0.4, 0.5) is 5.69 Å². The Labute approximate surface area is 121 Å². The van der Waals surface area contributed by atoms with Crippen molar-refractivity contribution in [2.24, 2.45) is 17.6 Å². The number of nitrogens with two attached hydrogens (primary N) is 1. The van der Waals surface area contributed by atoms with Gasteiger partial charge < -0.3 is 15.8 Å². The van der Waals surface area contributed by atoms with E-state index in [-0.39, 0.29) is 11.8 Å². The van der Waals surface area contributed by atoms with Crippen molar-refractivity contribution < 1.29 is 9.53 Å². The average molecular weight is 278 g/mol. The minimum absolute atomic E-state index is 0.0112. The van der Waals surface area contributed by atoms with Crippen LogP contribution in [-0.2, 0) is 4.79 Å². The molecule has 0 aliphatic rings. The number of amides is 1. The van der Waals surface area contributed by atoms with Crippen molar-refractivity contribution in [1.82, 2.24) is 0 Å². The van der Waals surface area contributed by atoms with E-state index in [1.54, 1.807) is 0 Å². The third-order valence-electron chi connectivity index (χ3n) is 3.12. The molecular weight excluding hydrogens is 252 g/mol. The zero-order valence-electron chi connectivity index (χ0n) is 12.7. The predicted octanol–water partition coefficient (Wildman–Crippen LogP) is 3.03. The topological polar surface area (TPSA) is 64.4 Å². The zero-order chi connectivity index (χ0) is 15.0. The van der Waals surface area contributed by atoms with Crippen LogP contribution in [0.25, 0.3) is 0 Å². The van der Waals surface area contributed by atoms with E-state index in [0.29, 0.717) is 25.5 Å². The van der Waals surface area contributed by atoms with Gasteiger partial charge in [-0.25, -0.2) is 0 Å². The molecule has 0 aromatic heterocycles. The van der Waals surface area contributed by atoms with Gasteiger partial charge in [0.15, 0.2) is 0 Å². The number of hydrogen-bond acceptors (Lipinski definition) is 3. The Morgan fingerprint density at radius 1 is 1.35 bits per heavy atom. The number of rotatable bonds is 8. The summed E-state index contributed by atoms with van der Waals surface area (Å²) >= 11 is 0. The van der Waals surface area contributed by atoms with Crippen LogP contribution in [0.2, 0.25) is 0 Å². The Morgan fingerprint density at radius 3 is 2.65 bits per heavy atom. The number of para-hydroxylation sites is 2. The first-order chi connectivity index (χ1) is 9.56. The van der Waals surface area contributed by atoms with Crippen LogP contribution in [0, 0.1) is 11.8 Å². The van der Waals surface area contributed by atoms with E-state index in [0.717, 1.165) is 17.9 Å². The van der Waals surface area contributed by atoms with Crippen molar-refractivity contribution in [3.05, 3.63) is 24.3 Å². The van der Waals surface area contributed by atoms with Crippen molar-refractivity contribution in [2.75, 3.05) is 18.5 Å². The quantitative estimate of drug-likeness (QED) is 0.768. The van der Waals surface area contributed by atoms with Gasteiger partial charge in [-0.2, -0.15) is 0 Å². The fourth-order valence-corrected chi connectivity index (χ4v) is 1.81. The van der Waals surface area contributed by atoms with Crippen LogP contribution in [-0.4, -0.2) is 19.1 Å².